The lowest BCUT2D eigenvalue weighted by atomic mass is 10.1. The molecule has 2 aromatic rings. The lowest BCUT2D eigenvalue weighted by Crippen LogP contribution is -2.25. The van der Waals surface area contributed by atoms with Crippen molar-refractivity contribution in [1.82, 2.24) is 14.5 Å². The molecule has 0 atom stereocenters. The van der Waals surface area contributed by atoms with E-state index in [4.69, 9.17) is 22.1 Å². The first kappa shape index (κ1) is 13.4. The summed E-state index contributed by atoms with van der Waals surface area (Å²) in [5.41, 5.74) is 6.66. The Bertz CT molecular complexity index is 756. The summed E-state index contributed by atoms with van der Waals surface area (Å²) in [4.78, 5) is 28.8. The van der Waals surface area contributed by atoms with Crippen molar-refractivity contribution in [3.8, 4) is 11.6 Å². The summed E-state index contributed by atoms with van der Waals surface area (Å²) in [6.07, 6.45) is 0.526. The highest BCUT2D eigenvalue weighted by molar-refractivity contribution is 6.31. The summed E-state index contributed by atoms with van der Waals surface area (Å²) in [6, 6.07) is 4.99. The molecule has 0 fully saturated rings. The minimum Gasteiger partial charge on any atom is -0.389 e. The van der Waals surface area contributed by atoms with Gasteiger partial charge in [0.1, 0.15) is 12.0 Å². The van der Waals surface area contributed by atoms with Crippen LogP contribution in [0.5, 0.6) is 5.88 Å². The molecular weight excluding hydrogens is 296 g/mol. The van der Waals surface area contributed by atoms with Crippen molar-refractivity contribution in [2.45, 2.75) is 6.54 Å². The Hall–Kier alpha value is -2.54. The van der Waals surface area contributed by atoms with Gasteiger partial charge in [-0.15, -0.1) is 0 Å². The topological polar surface area (TPSA) is 90.4 Å². The van der Waals surface area contributed by atoms with Crippen molar-refractivity contribution in [3.05, 3.63) is 40.8 Å². The number of primary amides is 1. The SMILES string of the molecule is CN1Cc2c(OC(N)=O)ncn2-c2ccc(Cl)cc2C1=O. The van der Waals surface area contributed by atoms with E-state index in [2.05, 4.69) is 4.98 Å². The fourth-order valence-electron chi connectivity index (χ4n) is 2.28. The Morgan fingerprint density at radius 3 is 2.95 bits per heavy atom. The van der Waals surface area contributed by atoms with Crippen LogP contribution in [0.1, 0.15) is 16.1 Å². The number of nitrogens with two attached hydrogens (primary N) is 1. The van der Waals surface area contributed by atoms with E-state index in [9.17, 15) is 9.59 Å². The first-order valence-electron chi connectivity index (χ1n) is 6.06. The van der Waals surface area contributed by atoms with E-state index in [1.54, 1.807) is 29.8 Å². The maximum absolute atomic E-state index is 12.4. The van der Waals surface area contributed by atoms with E-state index in [0.717, 1.165) is 0 Å². The molecule has 0 saturated carbocycles. The Morgan fingerprint density at radius 1 is 1.48 bits per heavy atom. The first-order valence-corrected chi connectivity index (χ1v) is 6.44. The number of halogens is 1. The number of ether oxygens (including phenoxy) is 1. The molecule has 0 aliphatic carbocycles. The molecule has 2 amide bonds. The van der Waals surface area contributed by atoms with Crippen molar-refractivity contribution in [1.29, 1.82) is 0 Å². The van der Waals surface area contributed by atoms with Crippen LogP contribution < -0.4 is 10.5 Å². The van der Waals surface area contributed by atoms with Crippen LogP contribution >= 0.6 is 11.6 Å². The standard InChI is InChI=1S/C13H11ClN4O3/c1-17-5-10-11(21-13(15)20)16-6-18(10)9-3-2-7(14)4-8(9)12(17)19/h2-4,6H,5H2,1H3,(H2,15,20). The second kappa shape index (κ2) is 4.78. The van der Waals surface area contributed by atoms with Crippen molar-refractivity contribution < 1.29 is 14.3 Å². The maximum Gasteiger partial charge on any atom is 0.411 e. The number of carbonyl (C=O) groups is 2. The predicted octanol–water partition coefficient (Wildman–Crippen LogP) is 1.57. The van der Waals surface area contributed by atoms with Gasteiger partial charge in [-0.1, -0.05) is 11.6 Å². The third kappa shape index (κ3) is 2.21. The number of hydrogen-bond donors (Lipinski definition) is 1. The van der Waals surface area contributed by atoms with Crippen LogP contribution in [-0.4, -0.2) is 33.5 Å². The average molecular weight is 307 g/mol. The molecule has 0 radical (unpaired) electrons. The molecule has 1 aliphatic heterocycles. The average Bonchev–Trinajstić information content (AvgIpc) is 2.75. The van der Waals surface area contributed by atoms with Gasteiger partial charge < -0.3 is 15.4 Å². The van der Waals surface area contributed by atoms with E-state index in [1.807, 2.05) is 0 Å². The lowest BCUT2D eigenvalue weighted by molar-refractivity contribution is 0.0787. The summed E-state index contributed by atoms with van der Waals surface area (Å²) in [5, 5.41) is 0.465. The molecule has 1 aromatic heterocycles. The molecule has 0 bridgehead atoms. The van der Waals surface area contributed by atoms with Crippen LogP contribution in [0.3, 0.4) is 0 Å². The highest BCUT2D eigenvalue weighted by Crippen LogP contribution is 2.30. The smallest absolute Gasteiger partial charge is 0.389 e. The van der Waals surface area contributed by atoms with Gasteiger partial charge in [0.2, 0.25) is 5.88 Å². The predicted molar refractivity (Wildman–Crippen MR) is 74.6 cm³/mol. The normalized spacial score (nSPS) is 13.4. The molecule has 1 aliphatic rings. The molecule has 2 N–H and O–H groups in total. The fraction of sp³-hybridized carbons (Fsp3) is 0.154. The third-order valence-corrected chi connectivity index (χ3v) is 3.44. The summed E-state index contributed by atoms with van der Waals surface area (Å²) in [7, 11) is 1.64. The van der Waals surface area contributed by atoms with Gasteiger partial charge in [0.05, 0.1) is 17.8 Å². The monoisotopic (exact) mass is 306 g/mol. The van der Waals surface area contributed by atoms with Gasteiger partial charge >= 0.3 is 6.09 Å². The zero-order chi connectivity index (χ0) is 15.1. The lowest BCUT2D eigenvalue weighted by Gasteiger charge is -2.14. The summed E-state index contributed by atoms with van der Waals surface area (Å²) >= 11 is 5.96. The second-order valence-electron chi connectivity index (χ2n) is 4.61. The minimum absolute atomic E-state index is 0.0879. The van der Waals surface area contributed by atoms with Gasteiger partial charge in [-0.3, -0.25) is 9.36 Å². The number of imidazole rings is 1. The number of amides is 2. The van der Waals surface area contributed by atoms with E-state index in [1.165, 1.54) is 11.2 Å². The van der Waals surface area contributed by atoms with Crippen LogP contribution in [0.15, 0.2) is 24.5 Å². The molecule has 0 spiro atoms. The summed E-state index contributed by atoms with van der Waals surface area (Å²) < 4.78 is 6.56. The molecule has 3 rings (SSSR count). The van der Waals surface area contributed by atoms with Gasteiger partial charge in [0, 0.05) is 12.1 Å². The quantitative estimate of drug-likeness (QED) is 0.865. The van der Waals surface area contributed by atoms with Crippen LogP contribution in [0.25, 0.3) is 5.69 Å². The van der Waals surface area contributed by atoms with Crippen LogP contribution in [0, 0.1) is 0 Å². The Labute approximate surface area is 124 Å². The summed E-state index contributed by atoms with van der Waals surface area (Å²) in [6.45, 7) is 0.230. The molecule has 7 nitrogen and oxygen atoms in total. The van der Waals surface area contributed by atoms with Gasteiger partial charge in [-0.25, -0.2) is 9.78 Å². The highest BCUT2D eigenvalue weighted by atomic mass is 35.5. The first-order chi connectivity index (χ1) is 9.97. The van der Waals surface area contributed by atoms with Crippen molar-refractivity contribution in [2.75, 3.05) is 7.05 Å². The van der Waals surface area contributed by atoms with E-state index >= 15 is 0 Å². The van der Waals surface area contributed by atoms with Crippen LogP contribution in [0.4, 0.5) is 4.79 Å². The highest BCUT2D eigenvalue weighted by Gasteiger charge is 2.27. The molecule has 0 saturated heterocycles. The van der Waals surface area contributed by atoms with Gasteiger partial charge in [0.25, 0.3) is 5.91 Å². The van der Waals surface area contributed by atoms with E-state index < -0.39 is 6.09 Å². The van der Waals surface area contributed by atoms with Crippen molar-refractivity contribution >= 4 is 23.6 Å². The van der Waals surface area contributed by atoms with Gasteiger partial charge in [0.15, 0.2) is 0 Å². The number of aromatic nitrogens is 2. The molecule has 8 heteroatoms. The second-order valence-corrected chi connectivity index (χ2v) is 5.05. The number of benzene rings is 1. The largest absolute Gasteiger partial charge is 0.411 e. The Morgan fingerprint density at radius 2 is 2.24 bits per heavy atom. The fourth-order valence-corrected chi connectivity index (χ4v) is 2.45. The zero-order valence-electron chi connectivity index (χ0n) is 11.0. The maximum atomic E-state index is 12.4. The van der Waals surface area contributed by atoms with Crippen molar-refractivity contribution in [3.63, 3.8) is 0 Å². The zero-order valence-corrected chi connectivity index (χ0v) is 11.8. The number of hydrogen-bond acceptors (Lipinski definition) is 4. The van der Waals surface area contributed by atoms with Gasteiger partial charge in [-0.2, -0.15) is 0 Å². The van der Waals surface area contributed by atoms with E-state index in [-0.39, 0.29) is 18.3 Å². The Balaban J connectivity index is 2.21. The summed E-state index contributed by atoms with van der Waals surface area (Å²) in [5.74, 6) is -0.0915. The number of carbonyl (C=O) groups excluding carboxylic acids is 2. The van der Waals surface area contributed by atoms with Crippen LogP contribution in [-0.2, 0) is 6.54 Å². The Kier molecular flexibility index (Phi) is 3.06. The number of rotatable bonds is 1. The number of nitrogens with zero attached hydrogens (tertiary/aromatic N) is 3. The number of fused-ring (bicyclic) bond motifs is 3. The van der Waals surface area contributed by atoms with Crippen molar-refractivity contribution in [2.24, 2.45) is 5.73 Å². The van der Waals surface area contributed by atoms with Gasteiger partial charge in [-0.05, 0) is 18.2 Å². The molecule has 2 heterocycles. The molecule has 0 unspecified atom stereocenters. The minimum atomic E-state index is -0.953. The third-order valence-electron chi connectivity index (χ3n) is 3.21. The molecule has 108 valence electrons. The van der Waals surface area contributed by atoms with Crippen LogP contribution in [0.2, 0.25) is 5.02 Å². The molecular formula is C13H11ClN4O3. The molecule has 21 heavy (non-hydrogen) atoms. The molecule has 1 aromatic carbocycles. The van der Waals surface area contributed by atoms with E-state index in [0.29, 0.717) is 22.0 Å².